The van der Waals surface area contributed by atoms with Crippen LogP contribution in [0.3, 0.4) is 0 Å². The van der Waals surface area contributed by atoms with E-state index >= 15 is 0 Å². The van der Waals surface area contributed by atoms with Crippen LogP contribution in [0.4, 0.5) is 4.79 Å². The van der Waals surface area contributed by atoms with E-state index in [-0.39, 0.29) is 12.1 Å². The van der Waals surface area contributed by atoms with Gasteiger partial charge in [-0.2, -0.15) is 0 Å². The molecule has 0 spiro atoms. The Morgan fingerprint density at radius 1 is 1.09 bits per heavy atom. The second kappa shape index (κ2) is 11.6. The lowest BCUT2D eigenvalue weighted by Crippen LogP contribution is -2.45. The van der Waals surface area contributed by atoms with Crippen LogP contribution >= 0.6 is 0 Å². The number of carboxylic acids is 1. The van der Waals surface area contributed by atoms with E-state index in [2.05, 4.69) is 10.5 Å². The third-order valence-electron chi connectivity index (χ3n) is 4.89. The van der Waals surface area contributed by atoms with E-state index in [0.29, 0.717) is 43.2 Å². The lowest BCUT2D eigenvalue weighted by atomic mass is 10.0. The maximum atomic E-state index is 12.7. The molecule has 10 heteroatoms. The Kier molecular flexibility index (Phi) is 8.36. The van der Waals surface area contributed by atoms with Crippen LogP contribution in [0.2, 0.25) is 0 Å². The SMILES string of the molecule is CON=C(C(=O)N[C@@H](Cc1ccc(OC(=O)N2CCOCC2)cc1)C(=O)O)c1ccccc1. The van der Waals surface area contributed by atoms with Gasteiger partial charge in [0.05, 0.1) is 13.2 Å². The van der Waals surface area contributed by atoms with E-state index in [1.54, 1.807) is 59.5 Å². The molecule has 174 valence electrons. The van der Waals surface area contributed by atoms with Gasteiger partial charge in [-0.05, 0) is 17.7 Å². The highest BCUT2D eigenvalue weighted by Crippen LogP contribution is 2.15. The van der Waals surface area contributed by atoms with Crippen LogP contribution in [0.5, 0.6) is 5.75 Å². The maximum Gasteiger partial charge on any atom is 0.415 e. The summed E-state index contributed by atoms with van der Waals surface area (Å²) in [4.78, 5) is 43.0. The van der Waals surface area contributed by atoms with Crippen molar-refractivity contribution in [1.82, 2.24) is 10.2 Å². The number of amides is 2. The fourth-order valence-corrected chi connectivity index (χ4v) is 3.18. The molecule has 1 atom stereocenters. The summed E-state index contributed by atoms with van der Waals surface area (Å²) in [6.07, 6.45) is -0.444. The number of hydrogen-bond donors (Lipinski definition) is 2. The molecule has 0 unspecified atom stereocenters. The average molecular weight is 455 g/mol. The first kappa shape index (κ1) is 23.7. The zero-order valence-electron chi connectivity index (χ0n) is 18.1. The number of carbonyl (C=O) groups excluding carboxylic acids is 2. The minimum atomic E-state index is -1.20. The largest absolute Gasteiger partial charge is 0.480 e. The Morgan fingerprint density at radius 2 is 1.76 bits per heavy atom. The Labute approximate surface area is 190 Å². The van der Waals surface area contributed by atoms with E-state index in [4.69, 9.17) is 14.3 Å². The predicted molar refractivity (Wildman–Crippen MR) is 118 cm³/mol. The van der Waals surface area contributed by atoms with Crippen molar-refractivity contribution in [3.05, 3.63) is 65.7 Å². The van der Waals surface area contributed by atoms with Crippen LogP contribution in [0, 0.1) is 0 Å². The van der Waals surface area contributed by atoms with Gasteiger partial charge >= 0.3 is 12.1 Å². The minimum absolute atomic E-state index is 0.0216. The van der Waals surface area contributed by atoms with Gasteiger partial charge < -0.3 is 29.6 Å². The van der Waals surface area contributed by atoms with Crippen molar-refractivity contribution in [2.45, 2.75) is 12.5 Å². The number of oxime groups is 1. The minimum Gasteiger partial charge on any atom is -0.480 e. The Bertz CT molecular complexity index is 987. The summed E-state index contributed by atoms with van der Waals surface area (Å²) < 4.78 is 10.6. The molecule has 2 N–H and O–H groups in total. The zero-order chi connectivity index (χ0) is 23.6. The highest BCUT2D eigenvalue weighted by atomic mass is 16.6. The fraction of sp³-hybridized carbons (Fsp3) is 0.304. The fourth-order valence-electron chi connectivity index (χ4n) is 3.18. The number of nitrogens with one attached hydrogen (secondary N) is 1. The molecule has 1 fully saturated rings. The average Bonchev–Trinajstić information content (AvgIpc) is 2.84. The topological polar surface area (TPSA) is 127 Å². The van der Waals surface area contributed by atoms with Gasteiger partial charge in [0.15, 0.2) is 5.71 Å². The van der Waals surface area contributed by atoms with Gasteiger partial charge in [-0.1, -0.05) is 47.6 Å². The molecule has 0 saturated carbocycles. The van der Waals surface area contributed by atoms with Crippen LogP contribution in [0.1, 0.15) is 11.1 Å². The molecule has 2 aromatic carbocycles. The van der Waals surface area contributed by atoms with Crippen molar-refractivity contribution in [2.24, 2.45) is 5.16 Å². The number of ether oxygens (including phenoxy) is 2. The maximum absolute atomic E-state index is 12.7. The molecule has 3 rings (SSSR count). The summed E-state index contributed by atoms with van der Waals surface area (Å²) in [5.74, 6) is -1.53. The van der Waals surface area contributed by atoms with Gasteiger partial charge in [0.2, 0.25) is 0 Å². The number of benzene rings is 2. The molecule has 2 aromatic rings. The van der Waals surface area contributed by atoms with Crippen molar-refractivity contribution in [2.75, 3.05) is 33.4 Å². The second-order valence-electron chi connectivity index (χ2n) is 7.17. The number of carbonyl (C=O) groups is 3. The molecule has 2 amide bonds. The lowest BCUT2D eigenvalue weighted by Gasteiger charge is -2.25. The molecule has 1 saturated heterocycles. The molecule has 0 radical (unpaired) electrons. The molecular weight excluding hydrogens is 430 g/mol. The van der Waals surface area contributed by atoms with Gasteiger partial charge in [0.1, 0.15) is 18.9 Å². The number of carboxylic acid groups (broad SMARTS) is 1. The van der Waals surface area contributed by atoms with E-state index in [0.717, 1.165) is 0 Å². The lowest BCUT2D eigenvalue weighted by molar-refractivity contribution is -0.141. The summed E-state index contributed by atoms with van der Waals surface area (Å²) >= 11 is 0. The number of hydrogen-bond acceptors (Lipinski definition) is 7. The van der Waals surface area contributed by atoms with Crippen molar-refractivity contribution in [3.8, 4) is 5.75 Å². The first-order valence-corrected chi connectivity index (χ1v) is 10.3. The number of rotatable bonds is 8. The van der Waals surface area contributed by atoms with Gasteiger partial charge in [0, 0.05) is 25.1 Å². The normalized spacial score (nSPS) is 14.8. The summed E-state index contributed by atoms with van der Waals surface area (Å²) in [6.45, 7) is 1.87. The molecule has 0 aromatic heterocycles. The molecule has 10 nitrogen and oxygen atoms in total. The summed E-state index contributed by atoms with van der Waals surface area (Å²) in [5, 5.41) is 15.8. The molecule has 1 aliphatic heterocycles. The molecule has 33 heavy (non-hydrogen) atoms. The van der Waals surface area contributed by atoms with E-state index in [9.17, 15) is 19.5 Å². The van der Waals surface area contributed by atoms with Crippen molar-refractivity contribution in [3.63, 3.8) is 0 Å². The molecule has 0 bridgehead atoms. The van der Waals surface area contributed by atoms with Gasteiger partial charge in [-0.3, -0.25) is 4.79 Å². The highest BCUT2D eigenvalue weighted by molar-refractivity contribution is 6.45. The first-order chi connectivity index (χ1) is 16.0. The molecule has 1 heterocycles. The smallest absolute Gasteiger partial charge is 0.415 e. The molecular formula is C23H25N3O7. The summed E-state index contributed by atoms with van der Waals surface area (Å²) in [6, 6.07) is 13.8. The Hall–Kier alpha value is -3.92. The van der Waals surface area contributed by atoms with Crippen molar-refractivity contribution in [1.29, 1.82) is 0 Å². The van der Waals surface area contributed by atoms with Crippen LogP contribution in [0.25, 0.3) is 0 Å². The van der Waals surface area contributed by atoms with Crippen molar-refractivity contribution >= 4 is 23.7 Å². The molecule has 0 aliphatic carbocycles. The first-order valence-electron chi connectivity index (χ1n) is 10.3. The van der Waals surface area contributed by atoms with Crippen LogP contribution in [-0.2, 0) is 25.6 Å². The summed E-state index contributed by atoms with van der Waals surface area (Å²) in [7, 11) is 1.30. The van der Waals surface area contributed by atoms with Crippen molar-refractivity contribution < 1.29 is 33.8 Å². The standard InChI is InChI=1S/C23H25N3O7/c1-31-25-20(17-5-3-2-4-6-17)21(27)24-19(22(28)29)15-16-7-9-18(10-8-16)33-23(30)26-11-13-32-14-12-26/h2-10,19H,11-15H2,1H3,(H,24,27)(H,28,29)/t19-/m0/s1. The third kappa shape index (κ3) is 6.78. The van der Waals surface area contributed by atoms with Gasteiger partial charge in [0.25, 0.3) is 5.91 Å². The monoisotopic (exact) mass is 455 g/mol. The quantitative estimate of drug-likeness (QED) is 0.458. The van der Waals surface area contributed by atoms with Crippen LogP contribution < -0.4 is 10.1 Å². The van der Waals surface area contributed by atoms with E-state index < -0.39 is 24.0 Å². The highest BCUT2D eigenvalue weighted by Gasteiger charge is 2.25. The van der Waals surface area contributed by atoms with Gasteiger partial charge in [-0.15, -0.1) is 0 Å². The van der Waals surface area contributed by atoms with Crippen LogP contribution in [0.15, 0.2) is 59.8 Å². The van der Waals surface area contributed by atoms with Crippen LogP contribution in [-0.4, -0.2) is 73.1 Å². The number of nitrogens with zero attached hydrogens (tertiary/aromatic N) is 2. The number of morpholine rings is 1. The summed E-state index contributed by atoms with van der Waals surface area (Å²) in [5.41, 5.74) is 1.10. The third-order valence-corrected chi connectivity index (χ3v) is 4.89. The van der Waals surface area contributed by atoms with Gasteiger partial charge in [-0.25, -0.2) is 9.59 Å². The zero-order valence-corrected chi connectivity index (χ0v) is 18.1. The molecule has 1 aliphatic rings. The van der Waals surface area contributed by atoms with E-state index in [1.807, 2.05) is 0 Å². The Balaban J connectivity index is 1.63. The second-order valence-corrected chi connectivity index (χ2v) is 7.17. The number of aliphatic carboxylic acids is 1. The van der Waals surface area contributed by atoms with E-state index in [1.165, 1.54) is 7.11 Å². The Morgan fingerprint density at radius 3 is 2.36 bits per heavy atom. The predicted octanol–water partition coefficient (Wildman–Crippen LogP) is 1.68.